The molecule has 2 rings (SSSR count). The molecule has 2 heterocycles. The Kier molecular flexibility index (Phi) is 5.79. The van der Waals surface area contributed by atoms with Crippen LogP contribution in [-0.2, 0) is 11.3 Å². The van der Waals surface area contributed by atoms with Crippen molar-refractivity contribution in [3.63, 3.8) is 0 Å². The monoisotopic (exact) mass is 297 g/mol. The standard InChI is InChI=1S/C14H23N3O2S/c1-10-11(2)20-13(17-10)9-16-14(18)15-7-6-12-5-3-4-8-19-12/h12H,3-9H2,1-2H3,(H2,15,16,18)/t12-/m0/s1. The lowest BCUT2D eigenvalue weighted by atomic mass is 10.1. The maximum Gasteiger partial charge on any atom is 0.315 e. The van der Waals surface area contributed by atoms with Gasteiger partial charge in [0.05, 0.1) is 18.3 Å². The number of aryl methyl sites for hydroxylation is 2. The molecule has 112 valence electrons. The van der Waals surface area contributed by atoms with E-state index in [4.69, 9.17) is 4.74 Å². The molecule has 1 aliphatic rings. The topological polar surface area (TPSA) is 63.2 Å². The molecule has 0 bridgehead atoms. The van der Waals surface area contributed by atoms with E-state index in [1.807, 2.05) is 13.8 Å². The largest absolute Gasteiger partial charge is 0.378 e. The molecule has 20 heavy (non-hydrogen) atoms. The van der Waals surface area contributed by atoms with Gasteiger partial charge >= 0.3 is 6.03 Å². The van der Waals surface area contributed by atoms with Crippen LogP contribution < -0.4 is 10.6 Å². The Morgan fingerprint density at radius 1 is 1.40 bits per heavy atom. The number of aromatic nitrogens is 1. The Morgan fingerprint density at radius 2 is 2.25 bits per heavy atom. The lowest BCUT2D eigenvalue weighted by Gasteiger charge is -2.22. The number of rotatable bonds is 5. The van der Waals surface area contributed by atoms with Crippen molar-refractivity contribution in [1.29, 1.82) is 0 Å². The number of hydrogen-bond donors (Lipinski definition) is 2. The summed E-state index contributed by atoms with van der Waals surface area (Å²) in [6, 6.07) is -0.133. The molecule has 1 aliphatic heterocycles. The zero-order chi connectivity index (χ0) is 14.4. The van der Waals surface area contributed by atoms with E-state index in [2.05, 4.69) is 15.6 Å². The summed E-state index contributed by atoms with van der Waals surface area (Å²) in [7, 11) is 0. The summed E-state index contributed by atoms with van der Waals surface area (Å²) >= 11 is 1.63. The van der Waals surface area contributed by atoms with Gasteiger partial charge in [-0.15, -0.1) is 11.3 Å². The Balaban J connectivity index is 1.60. The number of carbonyl (C=O) groups is 1. The van der Waals surface area contributed by atoms with E-state index in [1.54, 1.807) is 11.3 Å². The van der Waals surface area contributed by atoms with Gasteiger partial charge in [0.1, 0.15) is 5.01 Å². The van der Waals surface area contributed by atoms with Gasteiger partial charge in [-0.25, -0.2) is 9.78 Å². The smallest absolute Gasteiger partial charge is 0.315 e. The summed E-state index contributed by atoms with van der Waals surface area (Å²) in [5, 5.41) is 6.65. The van der Waals surface area contributed by atoms with Crippen molar-refractivity contribution in [2.45, 2.75) is 52.2 Å². The van der Waals surface area contributed by atoms with E-state index < -0.39 is 0 Å². The molecule has 1 fully saturated rings. The van der Waals surface area contributed by atoms with Gasteiger partial charge in [-0.3, -0.25) is 0 Å². The quantitative estimate of drug-likeness (QED) is 0.878. The van der Waals surface area contributed by atoms with Crippen LogP contribution in [0.1, 0.15) is 41.3 Å². The molecule has 1 aromatic rings. The second kappa shape index (κ2) is 7.59. The highest BCUT2D eigenvalue weighted by atomic mass is 32.1. The molecule has 5 nitrogen and oxygen atoms in total. The molecule has 0 aromatic carbocycles. The first-order valence-corrected chi connectivity index (χ1v) is 8.03. The minimum atomic E-state index is -0.133. The molecule has 6 heteroatoms. The third kappa shape index (κ3) is 4.76. The number of nitrogens with one attached hydrogen (secondary N) is 2. The van der Waals surface area contributed by atoms with Gasteiger partial charge in [-0.05, 0) is 39.5 Å². The van der Waals surface area contributed by atoms with Crippen molar-refractivity contribution >= 4 is 17.4 Å². The molecule has 2 amide bonds. The van der Waals surface area contributed by atoms with Gasteiger partial charge < -0.3 is 15.4 Å². The van der Waals surface area contributed by atoms with Crippen LogP contribution in [0.2, 0.25) is 0 Å². The second-order valence-corrected chi connectivity index (χ2v) is 6.42. The highest BCUT2D eigenvalue weighted by Gasteiger charge is 2.13. The average molecular weight is 297 g/mol. The van der Waals surface area contributed by atoms with Crippen LogP contribution in [-0.4, -0.2) is 30.3 Å². The van der Waals surface area contributed by atoms with Crippen molar-refractivity contribution in [2.75, 3.05) is 13.2 Å². The van der Waals surface area contributed by atoms with E-state index >= 15 is 0 Å². The third-order valence-electron chi connectivity index (χ3n) is 3.50. The Labute approximate surface area is 124 Å². The Bertz CT molecular complexity index is 422. The molecule has 0 radical (unpaired) electrons. The summed E-state index contributed by atoms with van der Waals surface area (Å²) < 4.78 is 5.62. The molecule has 0 saturated carbocycles. The number of urea groups is 1. The van der Waals surface area contributed by atoms with E-state index in [1.165, 1.54) is 11.3 Å². The number of thiazole rings is 1. The zero-order valence-electron chi connectivity index (χ0n) is 12.2. The summed E-state index contributed by atoms with van der Waals surface area (Å²) in [4.78, 5) is 17.3. The first-order valence-electron chi connectivity index (χ1n) is 7.21. The van der Waals surface area contributed by atoms with Crippen LogP contribution in [0.15, 0.2) is 0 Å². The van der Waals surface area contributed by atoms with Gasteiger partial charge in [-0.1, -0.05) is 0 Å². The molecule has 2 N–H and O–H groups in total. The normalized spacial score (nSPS) is 18.8. The highest BCUT2D eigenvalue weighted by molar-refractivity contribution is 7.11. The van der Waals surface area contributed by atoms with Crippen LogP contribution >= 0.6 is 11.3 Å². The minimum Gasteiger partial charge on any atom is -0.378 e. The predicted molar refractivity (Wildman–Crippen MR) is 80.0 cm³/mol. The fourth-order valence-electron chi connectivity index (χ4n) is 2.21. The van der Waals surface area contributed by atoms with E-state index in [9.17, 15) is 4.79 Å². The Morgan fingerprint density at radius 3 is 2.90 bits per heavy atom. The van der Waals surface area contributed by atoms with Gasteiger partial charge in [0.25, 0.3) is 0 Å². The highest BCUT2D eigenvalue weighted by Crippen LogP contribution is 2.16. The molecular formula is C14H23N3O2S. The lowest BCUT2D eigenvalue weighted by Crippen LogP contribution is -2.37. The van der Waals surface area contributed by atoms with Gasteiger partial charge in [0, 0.05) is 18.0 Å². The number of nitrogens with zero attached hydrogens (tertiary/aromatic N) is 1. The molecular weight excluding hydrogens is 274 g/mol. The molecule has 1 aromatic heterocycles. The van der Waals surface area contributed by atoms with E-state index in [0.29, 0.717) is 19.2 Å². The van der Waals surface area contributed by atoms with Crippen LogP contribution in [0.4, 0.5) is 4.79 Å². The van der Waals surface area contributed by atoms with E-state index in [0.717, 1.165) is 36.6 Å². The summed E-state index contributed by atoms with van der Waals surface area (Å²) in [5.74, 6) is 0. The maximum absolute atomic E-state index is 11.7. The molecule has 0 unspecified atom stereocenters. The number of ether oxygens (including phenoxy) is 1. The first kappa shape index (κ1) is 15.3. The van der Waals surface area contributed by atoms with Crippen LogP contribution in [0.25, 0.3) is 0 Å². The average Bonchev–Trinajstić information content (AvgIpc) is 2.77. The van der Waals surface area contributed by atoms with Gasteiger partial charge in [0.2, 0.25) is 0 Å². The summed E-state index contributed by atoms with van der Waals surface area (Å²) in [6.45, 7) is 6.04. The SMILES string of the molecule is Cc1nc(CNC(=O)NCC[C@@H]2CCCCO2)sc1C. The van der Waals surface area contributed by atoms with Crippen LogP contribution in [0.3, 0.4) is 0 Å². The number of carbonyl (C=O) groups excluding carboxylic acids is 1. The van der Waals surface area contributed by atoms with Crippen molar-refractivity contribution < 1.29 is 9.53 Å². The number of hydrogen-bond acceptors (Lipinski definition) is 4. The molecule has 0 aliphatic carbocycles. The fourth-order valence-corrected chi connectivity index (χ4v) is 3.09. The minimum absolute atomic E-state index is 0.133. The molecule has 1 atom stereocenters. The predicted octanol–water partition coefficient (Wildman–Crippen LogP) is 2.52. The van der Waals surface area contributed by atoms with Crippen LogP contribution in [0, 0.1) is 13.8 Å². The summed E-state index contributed by atoms with van der Waals surface area (Å²) in [5.41, 5.74) is 1.04. The van der Waals surface area contributed by atoms with Gasteiger partial charge in [0.15, 0.2) is 0 Å². The van der Waals surface area contributed by atoms with Crippen molar-refractivity contribution in [2.24, 2.45) is 0 Å². The second-order valence-electron chi connectivity index (χ2n) is 5.14. The van der Waals surface area contributed by atoms with E-state index in [-0.39, 0.29) is 6.03 Å². The molecule has 1 saturated heterocycles. The van der Waals surface area contributed by atoms with Crippen molar-refractivity contribution in [3.8, 4) is 0 Å². The van der Waals surface area contributed by atoms with Crippen molar-refractivity contribution in [3.05, 3.63) is 15.6 Å². The molecule has 0 spiro atoms. The number of amides is 2. The van der Waals surface area contributed by atoms with Crippen LogP contribution in [0.5, 0.6) is 0 Å². The zero-order valence-corrected chi connectivity index (χ0v) is 13.0. The Hall–Kier alpha value is -1.14. The summed E-state index contributed by atoms with van der Waals surface area (Å²) in [6.07, 6.45) is 4.72. The van der Waals surface area contributed by atoms with Gasteiger partial charge in [-0.2, -0.15) is 0 Å². The fraction of sp³-hybridized carbons (Fsp3) is 0.714. The van der Waals surface area contributed by atoms with Crippen molar-refractivity contribution in [1.82, 2.24) is 15.6 Å². The first-order chi connectivity index (χ1) is 9.65. The lowest BCUT2D eigenvalue weighted by molar-refractivity contribution is 0.0120. The third-order valence-corrected chi connectivity index (χ3v) is 4.57. The maximum atomic E-state index is 11.7.